The highest BCUT2D eigenvalue weighted by Gasteiger charge is 2.32. The molecule has 1 atom stereocenters. The second kappa shape index (κ2) is 9.27. The number of thioether (sulfide) groups is 1. The van der Waals surface area contributed by atoms with Crippen LogP contribution in [0.25, 0.3) is 0 Å². The third-order valence-corrected chi connectivity index (χ3v) is 4.80. The van der Waals surface area contributed by atoms with Crippen LogP contribution < -0.4 is 10.6 Å². The average molecular weight is 390 g/mol. The summed E-state index contributed by atoms with van der Waals surface area (Å²) >= 11 is 13.1. The number of amidine groups is 1. The van der Waals surface area contributed by atoms with Crippen molar-refractivity contribution in [2.24, 2.45) is 4.99 Å². The third-order valence-electron chi connectivity index (χ3n) is 3.11. The van der Waals surface area contributed by atoms with Gasteiger partial charge in [0.1, 0.15) is 5.25 Å². The lowest BCUT2D eigenvalue weighted by Crippen LogP contribution is -2.28. The lowest BCUT2D eigenvalue weighted by Gasteiger charge is -2.09. The maximum atomic E-state index is 12.1. The fraction of sp³-hybridized carbons (Fsp3) is 0.400. The number of nitrogens with one attached hydrogen (secondary N) is 2. The molecule has 0 radical (unpaired) electrons. The summed E-state index contributed by atoms with van der Waals surface area (Å²) in [6.45, 7) is 1.18. The van der Waals surface area contributed by atoms with E-state index in [2.05, 4.69) is 15.6 Å². The van der Waals surface area contributed by atoms with Gasteiger partial charge in [-0.05, 0) is 24.6 Å². The number of amides is 2. The first kappa shape index (κ1) is 19.1. The number of hydrogen-bond donors (Lipinski definition) is 2. The van der Waals surface area contributed by atoms with E-state index in [4.69, 9.17) is 27.9 Å². The van der Waals surface area contributed by atoms with Crippen LogP contribution in [-0.4, -0.2) is 42.5 Å². The number of aliphatic imine (C=N–C) groups is 1. The van der Waals surface area contributed by atoms with Gasteiger partial charge in [-0.1, -0.05) is 35.0 Å². The monoisotopic (exact) mass is 389 g/mol. The molecule has 6 nitrogen and oxygen atoms in total. The number of anilines is 1. The highest BCUT2D eigenvalue weighted by molar-refractivity contribution is 8.15. The van der Waals surface area contributed by atoms with Crippen molar-refractivity contribution in [3.63, 3.8) is 0 Å². The fourth-order valence-corrected chi connectivity index (χ4v) is 3.30. The van der Waals surface area contributed by atoms with Crippen molar-refractivity contribution in [3.05, 3.63) is 28.2 Å². The van der Waals surface area contributed by atoms with Crippen LogP contribution in [0.4, 0.5) is 5.69 Å². The van der Waals surface area contributed by atoms with Gasteiger partial charge < -0.3 is 15.4 Å². The number of nitrogens with zero attached hydrogens (tertiary/aromatic N) is 1. The number of rotatable bonds is 7. The molecule has 2 N–H and O–H groups in total. The standard InChI is InChI=1S/C15H17Cl2N3O3S/c1-23-6-2-5-18-15-20-14(22)12(24-15)8-13(21)19-11-7-9(16)3-4-10(11)17/h3-4,7,12H,2,5-6,8H2,1H3,(H,19,21)(H,18,20,22)/t12-/m0/s1. The average Bonchev–Trinajstić information content (AvgIpc) is 2.87. The molecule has 1 saturated heterocycles. The first-order valence-electron chi connectivity index (χ1n) is 7.25. The molecule has 0 unspecified atom stereocenters. The minimum absolute atomic E-state index is 0.0242. The molecule has 2 amide bonds. The van der Waals surface area contributed by atoms with Crippen molar-refractivity contribution < 1.29 is 14.3 Å². The van der Waals surface area contributed by atoms with E-state index >= 15 is 0 Å². The first-order valence-corrected chi connectivity index (χ1v) is 8.89. The number of halogens is 2. The van der Waals surface area contributed by atoms with Crippen LogP contribution in [0, 0.1) is 0 Å². The molecule has 24 heavy (non-hydrogen) atoms. The molecule has 1 aromatic carbocycles. The summed E-state index contributed by atoms with van der Waals surface area (Å²) in [5.41, 5.74) is 0.422. The number of methoxy groups -OCH3 is 1. The molecule has 1 aliphatic heterocycles. The Morgan fingerprint density at radius 2 is 2.25 bits per heavy atom. The molecular formula is C15H17Cl2N3O3S. The number of carbonyl (C=O) groups is 2. The molecule has 1 aromatic rings. The quantitative estimate of drug-likeness (QED) is 0.702. The summed E-state index contributed by atoms with van der Waals surface area (Å²) in [6, 6.07) is 4.79. The van der Waals surface area contributed by atoms with Crippen molar-refractivity contribution in [1.29, 1.82) is 0 Å². The fourth-order valence-electron chi connectivity index (χ4n) is 1.97. The largest absolute Gasteiger partial charge is 0.385 e. The number of ether oxygens (including phenoxy) is 1. The molecule has 0 saturated carbocycles. The highest BCUT2D eigenvalue weighted by atomic mass is 35.5. The Bertz CT molecular complexity index is 655. The summed E-state index contributed by atoms with van der Waals surface area (Å²) in [5.74, 6) is -0.537. The maximum Gasteiger partial charge on any atom is 0.240 e. The van der Waals surface area contributed by atoms with Gasteiger partial charge in [0.25, 0.3) is 0 Å². The zero-order valence-electron chi connectivity index (χ0n) is 13.0. The number of carbonyl (C=O) groups excluding carboxylic acids is 2. The smallest absolute Gasteiger partial charge is 0.240 e. The van der Waals surface area contributed by atoms with Crippen molar-refractivity contribution >= 4 is 57.6 Å². The van der Waals surface area contributed by atoms with Gasteiger partial charge in [0.2, 0.25) is 11.8 Å². The van der Waals surface area contributed by atoms with E-state index in [9.17, 15) is 9.59 Å². The van der Waals surface area contributed by atoms with Gasteiger partial charge in [0.15, 0.2) is 5.17 Å². The Morgan fingerprint density at radius 1 is 1.46 bits per heavy atom. The molecule has 0 bridgehead atoms. The van der Waals surface area contributed by atoms with E-state index in [1.165, 1.54) is 11.8 Å². The van der Waals surface area contributed by atoms with Crippen LogP contribution >= 0.6 is 35.0 Å². The molecule has 1 heterocycles. The zero-order valence-corrected chi connectivity index (χ0v) is 15.3. The van der Waals surface area contributed by atoms with Crippen LogP contribution in [0.1, 0.15) is 12.8 Å². The topological polar surface area (TPSA) is 79.8 Å². The van der Waals surface area contributed by atoms with Crippen LogP contribution in [0.2, 0.25) is 10.0 Å². The van der Waals surface area contributed by atoms with E-state index in [1.807, 2.05) is 0 Å². The Kier molecular flexibility index (Phi) is 7.36. The van der Waals surface area contributed by atoms with Crippen LogP contribution in [-0.2, 0) is 14.3 Å². The van der Waals surface area contributed by atoms with E-state index in [0.717, 1.165) is 6.42 Å². The predicted octanol–water partition coefficient (Wildman–Crippen LogP) is 2.95. The minimum Gasteiger partial charge on any atom is -0.385 e. The highest BCUT2D eigenvalue weighted by Crippen LogP contribution is 2.27. The van der Waals surface area contributed by atoms with Gasteiger partial charge in [0.05, 0.1) is 10.7 Å². The molecule has 1 fully saturated rings. The Hall–Kier alpha value is -1.28. The van der Waals surface area contributed by atoms with Crippen LogP contribution in [0.15, 0.2) is 23.2 Å². The third kappa shape index (κ3) is 5.66. The van der Waals surface area contributed by atoms with Gasteiger partial charge in [-0.15, -0.1) is 0 Å². The maximum absolute atomic E-state index is 12.1. The van der Waals surface area contributed by atoms with Crippen molar-refractivity contribution in [3.8, 4) is 0 Å². The number of hydrogen-bond acceptors (Lipinski definition) is 5. The number of benzene rings is 1. The van der Waals surface area contributed by atoms with Crippen molar-refractivity contribution in [2.45, 2.75) is 18.1 Å². The van der Waals surface area contributed by atoms with E-state index in [0.29, 0.717) is 34.1 Å². The van der Waals surface area contributed by atoms with Crippen LogP contribution in [0.3, 0.4) is 0 Å². The van der Waals surface area contributed by atoms with Crippen molar-refractivity contribution in [2.75, 3.05) is 25.6 Å². The molecule has 9 heteroatoms. The summed E-state index contributed by atoms with van der Waals surface area (Å²) < 4.78 is 4.94. The summed E-state index contributed by atoms with van der Waals surface area (Å²) in [4.78, 5) is 28.3. The second-order valence-corrected chi connectivity index (χ2v) is 7.04. The molecule has 1 aliphatic rings. The molecule has 130 valence electrons. The Morgan fingerprint density at radius 3 is 3.00 bits per heavy atom. The Balaban J connectivity index is 1.87. The second-order valence-electron chi connectivity index (χ2n) is 5.01. The minimum atomic E-state index is -0.510. The molecule has 0 spiro atoms. The molecular weight excluding hydrogens is 373 g/mol. The summed E-state index contributed by atoms with van der Waals surface area (Å²) in [5, 5.41) is 6.22. The van der Waals surface area contributed by atoms with E-state index in [-0.39, 0.29) is 18.2 Å². The molecule has 0 aliphatic carbocycles. The van der Waals surface area contributed by atoms with Crippen LogP contribution in [0.5, 0.6) is 0 Å². The lowest BCUT2D eigenvalue weighted by atomic mass is 10.2. The summed E-state index contributed by atoms with van der Waals surface area (Å²) in [6.07, 6.45) is 0.797. The van der Waals surface area contributed by atoms with E-state index < -0.39 is 5.25 Å². The van der Waals surface area contributed by atoms with Gasteiger partial charge in [-0.3, -0.25) is 14.6 Å². The van der Waals surface area contributed by atoms with Gasteiger partial charge in [0, 0.05) is 31.7 Å². The molecule has 0 aromatic heterocycles. The van der Waals surface area contributed by atoms with Gasteiger partial charge in [-0.2, -0.15) is 0 Å². The van der Waals surface area contributed by atoms with E-state index in [1.54, 1.807) is 25.3 Å². The zero-order chi connectivity index (χ0) is 17.5. The first-order chi connectivity index (χ1) is 11.5. The molecule has 2 rings (SSSR count). The predicted molar refractivity (Wildman–Crippen MR) is 98.0 cm³/mol. The van der Waals surface area contributed by atoms with Gasteiger partial charge >= 0.3 is 0 Å². The van der Waals surface area contributed by atoms with Crippen molar-refractivity contribution in [1.82, 2.24) is 5.32 Å². The van der Waals surface area contributed by atoms with Gasteiger partial charge in [-0.25, -0.2) is 0 Å². The summed E-state index contributed by atoms with van der Waals surface area (Å²) in [7, 11) is 1.63. The Labute approximate surface area is 154 Å². The normalized spacial score (nSPS) is 18.7. The lowest BCUT2D eigenvalue weighted by molar-refractivity contribution is -0.122. The SMILES string of the molecule is COCCCN=C1NC(=O)[C@H](CC(=O)Nc2cc(Cl)ccc2Cl)S1.